The van der Waals surface area contributed by atoms with Crippen LogP contribution in [0.1, 0.15) is 36.0 Å². The number of nitrogens with one attached hydrogen (secondary N) is 2. The van der Waals surface area contributed by atoms with E-state index in [1.54, 1.807) is 0 Å². The van der Waals surface area contributed by atoms with Gasteiger partial charge in [-0.1, -0.05) is 18.2 Å². The minimum atomic E-state index is -4.73. The zero-order valence-electron chi connectivity index (χ0n) is 22.4. The van der Waals surface area contributed by atoms with E-state index in [0.717, 1.165) is 17.0 Å². The molecule has 1 saturated carbocycles. The van der Waals surface area contributed by atoms with Crippen LogP contribution in [0.25, 0.3) is 0 Å². The molecule has 2 aromatic carbocycles. The van der Waals surface area contributed by atoms with Crippen LogP contribution in [0, 0.1) is 11.7 Å². The third kappa shape index (κ3) is 5.49. The molecule has 2 aliphatic carbocycles. The fourth-order valence-electron chi connectivity index (χ4n) is 5.56. The number of amides is 4. The van der Waals surface area contributed by atoms with Crippen molar-refractivity contribution in [2.75, 3.05) is 25.6 Å². The van der Waals surface area contributed by atoms with Crippen molar-refractivity contribution < 1.29 is 41.5 Å². The number of carbonyl (C=O) groups is 4. The number of ketones is 1. The largest absolute Gasteiger partial charge is 0.409 e. The predicted octanol–water partition coefficient (Wildman–Crippen LogP) is 4.24. The molecule has 1 spiro atoms. The second kappa shape index (κ2) is 11.3. The number of benzene rings is 2. The first-order valence-corrected chi connectivity index (χ1v) is 14.0. The van der Waals surface area contributed by atoms with Gasteiger partial charge in [-0.2, -0.15) is 13.2 Å². The smallest absolute Gasteiger partial charge is 0.341 e. The summed E-state index contributed by atoms with van der Waals surface area (Å²) in [4.78, 5) is 54.0. The molecule has 1 saturated heterocycles. The third-order valence-electron chi connectivity index (χ3n) is 7.77. The zero-order valence-corrected chi connectivity index (χ0v) is 24.0. The maximum absolute atomic E-state index is 14.2. The molecule has 5 rings (SSSR count). The van der Waals surface area contributed by atoms with E-state index < -0.39 is 73.0 Å². The summed E-state index contributed by atoms with van der Waals surface area (Å²) in [5.41, 5.74) is -0.590. The molecule has 4 amide bonds. The highest BCUT2D eigenvalue weighted by atomic mass is 79.9. The van der Waals surface area contributed by atoms with Crippen LogP contribution in [0.15, 0.2) is 40.9 Å². The second-order valence-corrected chi connectivity index (χ2v) is 11.3. The summed E-state index contributed by atoms with van der Waals surface area (Å²) in [6.07, 6.45) is -3.96. The number of hydrogen-bond acceptors (Lipinski definition) is 5. The number of hydrogen-bond donors (Lipinski definition) is 2. The topological polar surface area (TPSA) is 108 Å². The number of nitrogens with zero attached hydrogens (tertiary/aromatic N) is 2. The maximum atomic E-state index is 14.2. The van der Waals surface area contributed by atoms with Crippen LogP contribution >= 0.6 is 15.9 Å². The summed E-state index contributed by atoms with van der Waals surface area (Å²) >= 11 is 3.43. The monoisotopic (exact) mass is 654 g/mol. The van der Waals surface area contributed by atoms with Crippen LogP contribution in [0.4, 0.5) is 28.0 Å². The maximum Gasteiger partial charge on any atom is 0.409 e. The summed E-state index contributed by atoms with van der Waals surface area (Å²) in [6.45, 7) is -1.68. The number of Topliss-reactive ketones (excluding diaryl/α,β-unsaturated/α-hetero) is 1. The highest BCUT2D eigenvalue weighted by Gasteiger charge is 2.59. The van der Waals surface area contributed by atoms with E-state index in [2.05, 4.69) is 26.6 Å². The van der Waals surface area contributed by atoms with E-state index in [1.807, 2.05) is 0 Å². The molecule has 2 atom stereocenters. The molecule has 0 aromatic heterocycles. The molecule has 1 unspecified atom stereocenters. The Morgan fingerprint density at radius 3 is 2.45 bits per heavy atom. The lowest BCUT2D eigenvalue weighted by atomic mass is 9.77. The number of halogens is 5. The van der Waals surface area contributed by atoms with E-state index in [-0.39, 0.29) is 18.4 Å². The van der Waals surface area contributed by atoms with Gasteiger partial charge in [-0.15, -0.1) is 0 Å². The van der Waals surface area contributed by atoms with Crippen LogP contribution in [0.2, 0.25) is 0 Å². The Morgan fingerprint density at radius 1 is 1.14 bits per heavy atom. The second-order valence-electron chi connectivity index (χ2n) is 10.5. The van der Waals surface area contributed by atoms with Gasteiger partial charge in [0.2, 0.25) is 11.5 Å². The number of urea groups is 1. The van der Waals surface area contributed by atoms with Crippen LogP contribution in [0.5, 0.6) is 0 Å². The molecule has 9 nitrogen and oxygen atoms in total. The lowest BCUT2D eigenvalue weighted by Gasteiger charge is -2.35. The van der Waals surface area contributed by atoms with Crippen molar-refractivity contribution in [3.63, 3.8) is 0 Å². The minimum absolute atomic E-state index is 0.0723. The van der Waals surface area contributed by atoms with Crippen LogP contribution in [-0.2, 0) is 37.7 Å². The molecule has 224 valence electrons. The Kier molecular flexibility index (Phi) is 8.05. The number of alkyl halides is 3. The molecule has 42 heavy (non-hydrogen) atoms. The quantitative estimate of drug-likeness (QED) is 0.343. The van der Waals surface area contributed by atoms with Crippen LogP contribution < -0.4 is 10.6 Å². The molecule has 1 aliphatic heterocycles. The zero-order chi connectivity index (χ0) is 30.4. The summed E-state index contributed by atoms with van der Waals surface area (Å²) in [5, 5.41) is 5.07. The first kappa shape index (κ1) is 30.0. The van der Waals surface area contributed by atoms with Crippen LogP contribution in [0.3, 0.4) is 0 Å². The number of rotatable bonds is 7. The molecule has 2 aromatic rings. The van der Waals surface area contributed by atoms with Crippen molar-refractivity contribution >= 4 is 45.2 Å². The van der Waals surface area contributed by atoms with Gasteiger partial charge in [0.05, 0.1) is 5.69 Å². The number of fused-ring (bicyclic) bond motifs is 2. The SMILES string of the molecule is CNC(=O)Nc1ccc2c(c1Br)CCC(=O)C21OCN(CC(=O)N(Cc2ccc(F)cc2)[C@@H](C2CC2)C(F)(F)F)C1=O. The summed E-state index contributed by atoms with van der Waals surface area (Å²) in [5.74, 6) is -3.72. The Bertz CT molecular complexity index is 1430. The molecule has 14 heteroatoms. The Morgan fingerprint density at radius 2 is 1.83 bits per heavy atom. The van der Waals surface area contributed by atoms with Gasteiger partial charge >= 0.3 is 12.2 Å². The molecular formula is C28H27BrF4N4O5. The van der Waals surface area contributed by atoms with E-state index in [4.69, 9.17) is 4.74 Å². The summed E-state index contributed by atoms with van der Waals surface area (Å²) in [7, 11) is 1.44. The van der Waals surface area contributed by atoms with E-state index in [0.29, 0.717) is 39.0 Å². The van der Waals surface area contributed by atoms with Crippen molar-refractivity contribution in [2.24, 2.45) is 5.92 Å². The van der Waals surface area contributed by atoms with Gasteiger partial charge in [0.25, 0.3) is 5.91 Å². The van der Waals surface area contributed by atoms with E-state index in [1.165, 1.54) is 31.3 Å². The van der Waals surface area contributed by atoms with E-state index in [9.17, 15) is 36.7 Å². The highest BCUT2D eigenvalue weighted by Crippen LogP contribution is 2.46. The summed E-state index contributed by atoms with van der Waals surface area (Å²) in [6, 6.07) is 5.22. The van der Waals surface area contributed by atoms with Gasteiger partial charge in [-0.05, 0) is 70.4 Å². The number of anilines is 1. The predicted molar refractivity (Wildman–Crippen MR) is 144 cm³/mol. The first-order valence-electron chi connectivity index (χ1n) is 13.2. The van der Waals surface area contributed by atoms with Crippen molar-refractivity contribution in [3.8, 4) is 0 Å². The van der Waals surface area contributed by atoms with Crippen molar-refractivity contribution in [1.29, 1.82) is 0 Å². The fourth-order valence-corrected chi connectivity index (χ4v) is 6.21. The van der Waals surface area contributed by atoms with Gasteiger partial charge in [-0.3, -0.25) is 14.4 Å². The minimum Gasteiger partial charge on any atom is -0.341 e. The molecule has 2 N–H and O–H groups in total. The normalized spacial score (nSPS) is 20.9. The number of carbonyl (C=O) groups excluding carboxylic acids is 4. The fraction of sp³-hybridized carbons (Fsp3) is 0.429. The molecule has 1 heterocycles. The van der Waals surface area contributed by atoms with Gasteiger partial charge in [0.15, 0.2) is 5.78 Å². The van der Waals surface area contributed by atoms with Crippen molar-refractivity contribution in [1.82, 2.24) is 15.1 Å². The average Bonchev–Trinajstić information content (AvgIpc) is 3.72. The molecule has 0 bridgehead atoms. The molecule has 3 aliphatic rings. The van der Waals surface area contributed by atoms with Crippen LogP contribution in [-0.4, -0.2) is 66.0 Å². The first-order chi connectivity index (χ1) is 19.9. The van der Waals surface area contributed by atoms with E-state index >= 15 is 0 Å². The lowest BCUT2D eigenvalue weighted by Crippen LogP contribution is -2.54. The molecule has 2 fully saturated rings. The number of ether oxygens (including phenoxy) is 1. The van der Waals surface area contributed by atoms with Gasteiger partial charge in [0, 0.05) is 30.0 Å². The average molecular weight is 655 g/mol. The van der Waals surface area contributed by atoms with Crippen molar-refractivity contribution in [2.45, 2.75) is 50.0 Å². The van der Waals surface area contributed by atoms with Crippen molar-refractivity contribution in [3.05, 3.63) is 63.4 Å². The highest BCUT2D eigenvalue weighted by molar-refractivity contribution is 9.10. The molecule has 0 radical (unpaired) electrons. The molecular weight excluding hydrogens is 628 g/mol. The van der Waals surface area contributed by atoms with Gasteiger partial charge in [-0.25, -0.2) is 9.18 Å². The Labute approximate surface area is 246 Å². The Hall–Kier alpha value is -3.52. The van der Waals surface area contributed by atoms with Gasteiger partial charge < -0.3 is 25.2 Å². The third-order valence-corrected chi connectivity index (χ3v) is 8.68. The van der Waals surface area contributed by atoms with Gasteiger partial charge in [0.1, 0.15) is 25.1 Å². The lowest BCUT2D eigenvalue weighted by molar-refractivity contribution is -0.196. The summed E-state index contributed by atoms with van der Waals surface area (Å²) < 4.78 is 62.3. The Balaban J connectivity index is 1.43. The standard InChI is InChI=1S/C28H27BrF4N4O5/c1-34-26(41)35-20-10-9-19-18(23(20)29)8-11-21(38)27(19)25(40)36(14-42-27)13-22(39)37(12-15-2-6-17(30)7-3-15)24(16-4-5-16)28(31,32)33/h2-3,6-7,9-10,16,24H,4-5,8,11-14H2,1H3,(H2,34,35,41)/t24-,27?/m0/s1.